The van der Waals surface area contributed by atoms with Crippen LogP contribution in [0.1, 0.15) is 24.0 Å². The molecule has 0 spiro atoms. The molecule has 0 unspecified atom stereocenters. The molecule has 4 rings (SSSR count). The third-order valence-corrected chi connectivity index (χ3v) is 5.07. The first-order chi connectivity index (χ1) is 11.6. The van der Waals surface area contributed by atoms with Crippen molar-refractivity contribution >= 4 is 17.3 Å². The maximum Gasteiger partial charge on any atom is 0.133 e. The van der Waals surface area contributed by atoms with E-state index in [2.05, 4.69) is 4.90 Å². The zero-order valence-corrected chi connectivity index (χ0v) is 14.1. The van der Waals surface area contributed by atoms with Gasteiger partial charge >= 0.3 is 0 Å². The Morgan fingerprint density at radius 3 is 2.75 bits per heavy atom. The van der Waals surface area contributed by atoms with Gasteiger partial charge in [0.25, 0.3) is 0 Å². The largest absolute Gasteiger partial charge is 0.353 e. The Kier molecular flexibility index (Phi) is 3.96. The van der Waals surface area contributed by atoms with Crippen LogP contribution in [-0.4, -0.2) is 17.7 Å². The summed E-state index contributed by atoms with van der Waals surface area (Å²) in [5.74, 6) is 5.68. The summed E-state index contributed by atoms with van der Waals surface area (Å²) in [6.07, 6.45) is 2.25. The summed E-state index contributed by atoms with van der Waals surface area (Å²) >= 11 is 6.70. The number of hydrazine groups is 1. The minimum absolute atomic E-state index is 0.320. The van der Waals surface area contributed by atoms with E-state index in [0.717, 1.165) is 35.2 Å². The van der Waals surface area contributed by atoms with Gasteiger partial charge in [-0.25, -0.2) is 9.40 Å². The number of hydrogen-bond donors (Lipinski definition) is 2. The van der Waals surface area contributed by atoms with Gasteiger partial charge in [0, 0.05) is 24.7 Å². The van der Waals surface area contributed by atoms with E-state index in [9.17, 15) is 4.39 Å². The highest BCUT2D eigenvalue weighted by molar-refractivity contribution is 6.36. The number of nitrogens with two attached hydrogens (primary N) is 2. The molecule has 0 aromatic heterocycles. The average Bonchev–Trinajstić information content (AvgIpc) is 3.38. The van der Waals surface area contributed by atoms with Crippen molar-refractivity contribution in [2.75, 3.05) is 11.6 Å². The molecule has 0 radical (unpaired) electrons. The minimum Gasteiger partial charge on any atom is -0.353 e. The van der Waals surface area contributed by atoms with Gasteiger partial charge in [-0.05, 0) is 41.7 Å². The Morgan fingerprint density at radius 2 is 2.04 bits per heavy atom. The summed E-state index contributed by atoms with van der Waals surface area (Å²) in [5, 5.41) is 2.17. The molecule has 0 bridgehead atoms. The van der Waals surface area contributed by atoms with E-state index >= 15 is 0 Å². The zero-order valence-electron chi connectivity index (χ0n) is 13.3. The summed E-state index contributed by atoms with van der Waals surface area (Å²) in [6.45, 7) is 1.53. The third-order valence-electron chi connectivity index (χ3n) is 4.71. The number of hydrogen-bond acceptors (Lipinski definition) is 4. The highest BCUT2D eigenvalue weighted by Gasteiger charge is 2.36. The monoisotopic (exact) mass is 346 g/mol. The highest BCUT2D eigenvalue weighted by atomic mass is 35.5. The molecule has 4 N–H and O–H groups in total. The number of benzene rings is 2. The molecule has 0 amide bonds. The fourth-order valence-electron chi connectivity index (χ4n) is 3.43. The Bertz CT molecular complexity index is 791. The van der Waals surface area contributed by atoms with Crippen LogP contribution in [0.4, 0.5) is 10.1 Å². The van der Waals surface area contributed by atoms with Crippen LogP contribution in [0.15, 0.2) is 30.3 Å². The van der Waals surface area contributed by atoms with Crippen molar-refractivity contribution in [3.05, 3.63) is 52.3 Å². The molecule has 2 aromatic carbocycles. The zero-order chi connectivity index (χ0) is 16.8. The first kappa shape index (κ1) is 15.8. The lowest BCUT2D eigenvalue weighted by molar-refractivity contribution is 0.258. The van der Waals surface area contributed by atoms with Gasteiger partial charge in [0.15, 0.2) is 0 Å². The molecule has 1 aliphatic heterocycles. The van der Waals surface area contributed by atoms with Crippen LogP contribution in [0.25, 0.3) is 11.1 Å². The van der Waals surface area contributed by atoms with E-state index in [0.29, 0.717) is 36.4 Å². The van der Waals surface area contributed by atoms with Crippen molar-refractivity contribution in [2.45, 2.75) is 32.0 Å². The van der Waals surface area contributed by atoms with Crippen LogP contribution in [0.5, 0.6) is 0 Å². The molecule has 2 aromatic rings. The molecule has 1 fully saturated rings. The van der Waals surface area contributed by atoms with Crippen LogP contribution in [0.2, 0.25) is 5.02 Å². The average molecular weight is 347 g/mol. The molecule has 126 valence electrons. The third kappa shape index (κ3) is 2.67. The molecule has 1 saturated carbocycles. The number of rotatable bonds is 3. The molecule has 0 atom stereocenters. The first-order valence-corrected chi connectivity index (χ1v) is 8.53. The second-order valence-corrected chi connectivity index (χ2v) is 6.93. The predicted molar refractivity (Wildman–Crippen MR) is 94.8 cm³/mol. The Labute approximate surface area is 145 Å². The topological polar surface area (TPSA) is 58.5 Å². The van der Waals surface area contributed by atoms with Gasteiger partial charge in [0.2, 0.25) is 0 Å². The Hall–Kier alpha value is -1.66. The normalized spacial score (nSPS) is 17.9. The standard InChI is InChI=1S/C18H20ClFN4/c19-17-16(12-3-1-2-11(6-12)8-21)15(20)7-13-9-23(22)10-24(18(13)17)14-4-5-14/h1-3,6-7,14H,4-5,8-10,21-22H2. The fraction of sp³-hybridized carbons (Fsp3) is 0.333. The van der Waals surface area contributed by atoms with E-state index < -0.39 is 0 Å². The molecule has 1 heterocycles. The van der Waals surface area contributed by atoms with Crippen molar-refractivity contribution in [3.8, 4) is 11.1 Å². The van der Waals surface area contributed by atoms with Crippen molar-refractivity contribution < 1.29 is 4.39 Å². The number of nitrogens with zero attached hydrogens (tertiary/aromatic N) is 2. The van der Waals surface area contributed by atoms with E-state index in [1.807, 2.05) is 24.3 Å². The first-order valence-electron chi connectivity index (χ1n) is 8.15. The highest BCUT2D eigenvalue weighted by Crippen LogP contribution is 2.45. The van der Waals surface area contributed by atoms with Gasteiger partial charge in [-0.15, -0.1) is 0 Å². The number of anilines is 1. The smallest absolute Gasteiger partial charge is 0.133 e. The molecule has 0 saturated heterocycles. The van der Waals surface area contributed by atoms with Gasteiger partial charge in [-0.1, -0.05) is 29.8 Å². The van der Waals surface area contributed by atoms with Crippen molar-refractivity contribution in [1.82, 2.24) is 5.01 Å². The molecule has 24 heavy (non-hydrogen) atoms. The lowest BCUT2D eigenvalue weighted by atomic mass is 9.98. The molecule has 2 aliphatic rings. The summed E-state index contributed by atoms with van der Waals surface area (Å²) in [5.41, 5.74) is 9.64. The molecule has 1 aliphatic carbocycles. The van der Waals surface area contributed by atoms with E-state index in [1.54, 1.807) is 11.1 Å². The predicted octanol–water partition coefficient (Wildman–Crippen LogP) is 3.22. The van der Waals surface area contributed by atoms with Gasteiger partial charge in [-0.2, -0.15) is 0 Å². The second kappa shape index (κ2) is 6.01. The van der Waals surface area contributed by atoms with Crippen molar-refractivity contribution in [2.24, 2.45) is 11.6 Å². The van der Waals surface area contributed by atoms with Gasteiger partial charge in [0.1, 0.15) is 5.82 Å². The van der Waals surface area contributed by atoms with Crippen LogP contribution in [0, 0.1) is 5.82 Å². The second-order valence-electron chi connectivity index (χ2n) is 6.55. The minimum atomic E-state index is -0.320. The van der Waals surface area contributed by atoms with Gasteiger partial charge in [-0.3, -0.25) is 5.84 Å². The summed E-state index contributed by atoms with van der Waals surface area (Å²) in [6, 6.07) is 9.59. The van der Waals surface area contributed by atoms with Crippen LogP contribution in [0.3, 0.4) is 0 Å². The van der Waals surface area contributed by atoms with Crippen LogP contribution < -0.4 is 16.5 Å². The summed E-state index contributed by atoms with van der Waals surface area (Å²) < 4.78 is 14.8. The number of halogens is 2. The Morgan fingerprint density at radius 1 is 1.25 bits per heavy atom. The van der Waals surface area contributed by atoms with E-state index in [4.69, 9.17) is 23.2 Å². The summed E-state index contributed by atoms with van der Waals surface area (Å²) in [4.78, 5) is 2.21. The van der Waals surface area contributed by atoms with Crippen molar-refractivity contribution in [1.29, 1.82) is 0 Å². The SMILES string of the molecule is NCc1cccc(-c2c(F)cc3c(c2Cl)N(C2CC2)CN(N)C3)c1. The molecule has 4 nitrogen and oxygen atoms in total. The Balaban J connectivity index is 1.88. The van der Waals surface area contributed by atoms with Gasteiger partial charge < -0.3 is 10.6 Å². The van der Waals surface area contributed by atoms with E-state index in [-0.39, 0.29) is 5.82 Å². The molecular weight excluding hydrogens is 327 g/mol. The summed E-state index contributed by atoms with van der Waals surface area (Å²) in [7, 11) is 0. The van der Waals surface area contributed by atoms with E-state index in [1.165, 1.54) is 0 Å². The van der Waals surface area contributed by atoms with Crippen LogP contribution in [-0.2, 0) is 13.1 Å². The maximum absolute atomic E-state index is 14.8. The maximum atomic E-state index is 14.8. The van der Waals surface area contributed by atoms with Crippen LogP contribution >= 0.6 is 11.6 Å². The van der Waals surface area contributed by atoms with Gasteiger partial charge in [0.05, 0.1) is 17.4 Å². The molecule has 6 heteroatoms. The molecular formula is C18H20ClFN4. The fourth-order valence-corrected chi connectivity index (χ4v) is 3.86. The number of fused-ring (bicyclic) bond motifs is 1. The quantitative estimate of drug-likeness (QED) is 0.838. The lowest BCUT2D eigenvalue weighted by Gasteiger charge is -2.37. The lowest BCUT2D eigenvalue weighted by Crippen LogP contribution is -2.47. The van der Waals surface area contributed by atoms with Crippen molar-refractivity contribution in [3.63, 3.8) is 0 Å².